The molecule has 0 aromatic heterocycles. The average Bonchev–Trinajstić information content (AvgIpc) is 2.72. The van der Waals surface area contributed by atoms with Crippen molar-refractivity contribution in [1.29, 1.82) is 0 Å². The van der Waals surface area contributed by atoms with E-state index in [1.807, 2.05) is 24.3 Å². The fourth-order valence-corrected chi connectivity index (χ4v) is 3.11. The number of amides is 1. The number of hydrogen-bond acceptors (Lipinski definition) is 4. The van der Waals surface area contributed by atoms with Crippen LogP contribution in [-0.4, -0.2) is 43.7 Å². The molecule has 2 aromatic carbocycles. The van der Waals surface area contributed by atoms with Gasteiger partial charge < -0.3 is 14.8 Å². The first-order chi connectivity index (χ1) is 13.3. The Morgan fingerprint density at radius 3 is 2.67 bits per heavy atom. The Kier molecular flexibility index (Phi) is 7.25. The van der Waals surface area contributed by atoms with Gasteiger partial charge >= 0.3 is 0 Å². The number of morpholine rings is 1. The zero-order chi connectivity index (χ0) is 18.9. The average molecular weight is 368 g/mol. The summed E-state index contributed by atoms with van der Waals surface area (Å²) in [5.41, 5.74) is 3.02. The second-order valence-corrected chi connectivity index (χ2v) is 6.72. The van der Waals surface area contributed by atoms with Gasteiger partial charge in [-0.3, -0.25) is 9.69 Å². The quantitative estimate of drug-likeness (QED) is 0.777. The monoisotopic (exact) mass is 368 g/mol. The highest BCUT2D eigenvalue weighted by Gasteiger charge is 2.13. The van der Waals surface area contributed by atoms with Gasteiger partial charge in [0.2, 0.25) is 0 Å². The van der Waals surface area contributed by atoms with Crippen molar-refractivity contribution in [3.8, 4) is 5.75 Å². The molecule has 1 fully saturated rings. The first kappa shape index (κ1) is 19.4. The van der Waals surface area contributed by atoms with Gasteiger partial charge in [0, 0.05) is 31.7 Å². The van der Waals surface area contributed by atoms with Gasteiger partial charge in [-0.15, -0.1) is 0 Å². The van der Waals surface area contributed by atoms with Crippen LogP contribution in [0.5, 0.6) is 5.75 Å². The number of nitrogens with zero attached hydrogens (tertiary/aromatic N) is 1. The molecule has 2 aromatic rings. The van der Waals surface area contributed by atoms with Gasteiger partial charge in [0.05, 0.1) is 19.8 Å². The fourth-order valence-electron chi connectivity index (χ4n) is 3.11. The molecule has 0 bridgehead atoms. The van der Waals surface area contributed by atoms with Crippen molar-refractivity contribution in [1.82, 2.24) is 10.2 Å². The van der Waals surface area contributed by atoms with Crippen LogP contribution in [-0.2, 0) is 17.8 Å². The molecule has 1 amide bonds. The SMILES string of the molecule is CCCOc1cccc(C(=O)NCc2ccccc2CN2CCOCC2)c1. The first-order valence-corrected chi connectivity index (χ1v) is 9.64. The van der Waals surface area contributed by atoms with Crippen molar-refractivity contribution in [2.45, 2.75) is 26.4 Å². The fraction of sp³-hybridized carbons (Fsp3) is 0.409. The van der Waals surface area contributed by atoms with E-state index >= 15 is 0 Å². The van der Waals surface area contributed by atoms with Gasteiger partial charge in [0.25, 0.3) is 5.91 Å². The maximum absolute atomic E-state index is 12.6. The highest BCUT2D eigenvalue weighted by atomic mass is 16.5. The van der Waals surface area contributed by atoms with E-state index in [0.29, 0.717) is 18.7 Å². The van der Waals surface area contributed by atoms with Crippen LogP contribution >= 0.6 is 0 Å². The zero-order valence-electron chi connectivity index (χ0n) is 15.9. The molecular weight excluding hydrogens is 340 g/mol. The number of carbonyl (C=O) groups excluding carboxylic acids is 1. The number of rotatable bonds is 8. The van der Waals surface area contributed by atoms with Crippen LogP contribution in [0.25, 0.3) is 0 Å². The third-order valence-electron chi connectivity index (χ3n) is 4.62. The maximum atomic E-state index is 12.6. The molecule has 0 spiro atoms. The summed E-state index contributed by atoms with van der Waals surface area (Å²) >= 11 is 0. The molecule has 27 heavy (non-hydrogen) atoms. The lowest BCUT2D eigenvalue weighted by Crippen LogP contribution is -2.36. The number of ether oxygens (including phenoxy) is 2. The molecule has 144 valence electrons. The van der Waals surface area contributed by atoms with E-state index in [9.17, 15) is 4.79 Å². The van der Waals surface area contributed by atoms with Gasteiger partial charge in [0.1, 0.15) is 5.75 Å². The standard InChI is InChI=1S/C22H28N2O3/c1-2-12-27-21-9-5-8-18(15-21)22(25)23-16-19-6-3-4-7-20(19)17-24-10-13-26-14-11-24/h3-9,15H,2,10-14,16-17H2,1H3,(H,23,25). The molecule has 1 N–H and O–H groups in total. The molecule has 1 aliphatic heterocycles. The summed E-state index contributed by atoms with van der Waals surface area (Å²) in [5.74, 6) is 0.648. The Balaban J connectivity index is 1.60. The summed E-state index contributed by atoms with van der Waals surface area (Å²) in [6.45, 7) is 7.58. The van der Waals surface area contributed by atoms with E-state index < -0.39 is 0 Å². The van der Waals surface area contributed by atoms with E-state index in [2.05, 4.69) is 35.3 Å². The van der Waals surface area contributed by atoms with E-state index in [0.717, 1.165) is 50.6 Å². The molecule has 0 saturated carbocycles. The number of carbonyl (C=O) groups is 1. The third kappa shape index (κ3) is 5.81. The summed E-state index contributed by atoms with van der Waals surface area (Å²) in [7, 11) is 0. The van der Waals surface area contributed by atoms with E-state index in [1.54, 1.807) is 6.07 Å². The van der Waals surface area contributed by atoms with Crippen LogP contribution < -0.4 is 10.1 Å². The van der Waals surface area contributed by atoms with Gasteiger partial charge in [-0.2, -0.15) is 0 Å². The van der Waals surface area contributed by atoms with Crippen LogP contribution in [0.3, 0.4) is 0 Å². The first-order valence-electron chi connectivity index (χ1n) is 9.64. The Bertz CT molecular complexity index is 742. The summed E-state index contributed by atoms with van der Waals surface area (Å²) in [4.78, 5) is 14.9. The molecule has 0 unspecified atom stereocenters. The van der Waals surface area contributed by atoms with E-state index in [1.165, 1.54) is 5.56 Å². The van der Waals surface area contributed by atoms with Gasteiger partial charge in [-0.05, 0) is 35.7 Å². The number of benzene rings is 2. The summed E-state index contributed by atoms with van der Waals surface area (Å²) < 4.78 is 11.0. The van der Waals surface area contributed by atoms with Crippen LogP contribution in [0.1, 0.15) is 34.8 Å². The van der Waals surface area contributed by atoms with Gasteiger partial charge in [-0.1, -0.05) is 37.3 Å². The topological polar surface area (TPSA) is 50.8 Å². The van der Waals surface area contributed by atoms with Gasteiger partial charge in [0.15, 0.2) is 0 Å². The molecular formula is C22H28N2O3. The lowest BCUT2D eigenvalue weighted by atomic mass is 10.1. The van der Waals surface area contributed by atoms with Crippen molar-refractivity contribution >= 4 is 5.91 Å². The molecule has 1 heterocycles. The molecule has 5 nitrogen and oxygen atoms in total. The number of hydrogen-bond donors (Lipinski definition) is 1. The molecule has 1 saturated heterocycles. The summed E-state index contributed by atoms with van der Waals surface area (Å²) in [5, 5.41) is 3.04. The number of nitrogens with one attached hydrogen (secondary N) is 1. The summed E-state index contributed by atoms with van der Waals surface area (Å²) in [6.07, 6.45) is 0.941. The minimum Gasteiger partial charge on any atom is -0.494 e. The third-order valence-corrected chi connectivity index (χ3v) is 4.62. The van der Waals surface area contributed by atoms with Crippen molar-refractivity contribution in [2.75, 3.05) is 32.9 Å². The van der Waals surface area contributed by atoms with Crippen LogP contribution in [0, 0.1) is 0 Å². The van der Waals surface area contributed by atoms with Crippen molar-refractivity contribution in [3.05, 3.63) is 65.2 Å². The van der Waals surface area contributed by atoms with Crippen LogP contribution in [0.4, 0.5) is 0 Å². The predicted molar refractivity (Wildman–Crippen MR) is 106 cm³/mol. The van der Waals surface area contributed by atoms with Crippen LogP contribution in [0.15, 0.2) is 48.5 Å². The van der Waals surface area contributed by atoms with E-state index in [4.69, 9.17) is 9.47 Å². The lowest BCUT2D eigenvalue weighted by Gasteiger charge is -2.27. The highest BCUT2D eigenvalue weighted by molar-refractivity contribution is 5.94. The molecule has 0 radical (unpaired) electrons. The zero-order valence-corrected chi connectivity index (χ0v) is 15.9. The van der Waals surface area contributed by atoms with Gasteiger partial charge in [-0.25, -0.2) is 0 Å². The largest absolute Gasteiger partial charge is 0.494 e. The summed E-state index contributed by atoms with van der Waals surface area (Å²) in [6, 6.07) is 15.6. The Labute approximate surface area is 161 Å². The Morgan fingerprint density at radius 2 is 1.89 bits per heavy atom. The Morgan fingerprint density at radius 1 is 1.11 bits per heavy atom. The van der Waals surface area contributed by atoms with Crippen molar-refractivity contribution in [3.63, 3.8) is 0 Å². The molecule has 5 heteroatoms. The van der Waals surface area contributed by atoms with Crippen LogP contribution in [0.2, 0.25) is 0 Å². The lowest BCUT2D eigenvalue weighted by molar-refractivity contribution is 0.0340. The second-order valence-electron chi connectivity index (χ2n) is 6.72. The minimum absolute atomic E-state index is 0.0851. The second kappa shape index (κ2) is 10.1. The molecule has 0 aliphatic carbocycles. The minimum atomic E-state index is -0.0851. The predicted octanol–water partition coefficient (Wildman–Crippen LogP) is 3.24. The van der Waals surface area contributed by atoms with E-state index in [-0.39, 0.29) is 5.91 Å². The maximum Gasteiger partial charge on any atom is 0.251 e. The molecule has 1 aliphatic rings. The van der Waals surface area contributed by atoms with Crippen molar-refractivity contribution in [2.24, 2.45) is 0 Å². The molecule has 0 atom stereocenters. The smallest absolute Gasteiger partial charge is 0.251 e. The van der Waals surface area contributed by atoms with Crippen molar-refractivity contribution < 1.29 is 14.3 Å². The Hall–Kier alpha value is -2.37. The highest BCUT2D eigenvalue weighted by Crippen LogP contribution is 2.15. The molecule has 3 rings (SSSR count). The normalized spacial score (nSPS) is 14.7.